The molecule has 9 nitrogen and oxygen atoms in total. The van der Waals surface area contributed by atoms with Crippen molar-refractivity contribution in [3.63, 3.8) is 0 Å². The summed E-state index contributed by atoms with van der Waals surface area (Å²) in [4.78, 5) is 22.2. The minimum absolute atomic E-state index is 0.165. The van der Waals surface area contributed by atoms with Crippen LogP contribution in [0.2, 0.25) is 0 Å². The van der Waals surface area contributed by atoms with Gasteiger partial charge < -0.3 is 25.6 Å². The largest absolute Gasteiger partial charge is 0.483 e. The number of rotatable bonds is 7. The van der Waals surface area contributed by atoms with E-state index in [0.717, 1.165) is 69.5 Å². The number of ether oxygens (including phenoxy) is 1. The van der Waals surface area contributed by atoms with E-state index in [1.165, 1.54) is 0 Å². The van der Waals surface area contributed by atoms with Gasteiger partial charge in [-0.25, -0.2) is 9.97 Å². The molecule has 5 aromatic rings. The molecule has 0 bridgehead atoms. The van der Waals surface area contributed by atoms with Crippen molar-refractivity contribution < 1.29 is 19.7 Å². The van der Waals surface area contributed by atoms with Crippen molar-refractivity contribution in [3.05, 3.63) is 85.2 Å². The van der Waals surface area contributed by atoms with Crippen LogP contribution in [0.3, 0.4) is 0 Å². The molecule has 1 aliphatic carbocycles. The highest BCUT2D eigenvalue weighted by Crippen LogP contribution is 2.33. The van der Waals surface area contributed by atoms with E-state index in [4.69, 9.17) is 24.6 Å². The average Bonchev–Trinajstić information content (AvgIpc) is 3.37. The quantitative estimate of drug-likeness (QED) is 0.162. The number of hydrogen-bond donors (Lipinski definition) is 4. The molecule has 0 aliphatic heterocycles. The number of pyridine rings is 2. The summed E-state index contributed by atoms with van der Waals surface area (Å²) in [6.07, 6.45) is 6.98. The molecule has 4 N–H and O–H groups in total. The van der Waals surface area contributed by atoms with Crippen LogP contribution in [0.25, 0.3) is 21.3 Å². The maximum atomic E-state index is 9.74. The van der Waals surface area contributed by atoms with Crippen molar-refractivity contribution in [1.29, 1.82) is 0 Å². The first-order chi connectivity index (χ1) is 19.6. The van der Waals surface area contributed by atoms with Gasteiger partial charge in [-0.3, -0.25) is 9.78 Å². The Bertz CT molecular complexity index is 1550. The normalized spacial score (nSPS) is 16.4. The molecule has 0 atom stereocenters. The lowest BCUT2D eigenvalue weighted by molar-refractivity contribution is -0.122. The van der Waals surface area contributed by atoms with Crippen LogP contribution in [0.5, 0.6) is 11.5 Å². The summed E-state index contributed by atoms with van der Waals surface area (Å²) < 4.78 is 7.03. The van der Waals surface area contributed by atoms with Crippen molar-refractivity contribution in [2.45, 2.75) is 37.8 Å². The smallest absolute Gasteiger partial charge is 0.290 e. The number of carbonyl (C=O) groups is 1. The number of nitrogens with zero attached hydrogens (tertiary/aromatic N) is 3. The molecule has 40 heavy (non-hydrogen) atoms. The van der Waals surface area contributed by atoms with Gasteiger partial charge in [0.2, 0.25) is 0 Å². The second-order valence-corrected chi connectivity index (χ2v) is 10.3. The Hall–Kier alpha value is -4.54. The van der Waals surface area contributed by atoms with Gasteiger partial charge in [0.25, 0.3) is 6.47 Å². The highest BCUT2D eigenvalue weighted by Gasteiger charge is 2.19. The number of aromatic nitrogens is 3. The number of aliphatic hydroxyl groups excluding tert-OH is 1. The van der Waals surface area contributed by atoms with E-state index in [2.05, 4.69) is 27.8 Å². The Labute approximate surface area is 235 Å². The van der Waals surface area contributed by atoms with Gasteiger partial charge in [-0.1, -0.05) is 41.7 Å². The van der Waals surface area contributed by atoms with Gasteiger partial charge in [-0.15, -0.1) is 0 Å². The number of aliphatic hydroxyl groups is 1. The number of anilines is 3. The van der Waals surface area contributed by atoms with Gasteiger partial charge in [0.1, 0.15) is 23.1 Å². The summed E-state index contributed by atoms with van der Waals surface area (Å²) in [5.74, 6) is 3.05. The molecular weight excluding hydrogens is 526 g/mol. The first-order valence-corrected chi connectivity index (χ1v) is 13.8. The van der Waals surface area contributed by atoms with Gasteiger partial charge in [0.05, 0.1) is 22.5 Å². The zero-order valence-electron chi connectivity index (χ0n) is 21.6. The maximum Gasteiger partial charge on any atom is 0.290 e. The van der Waals surface area contributed by atoms with E-state index < -0.39 is 0 Å². The molecule has 1 saturated carbocycles. The average molecular weight is 556 g/mol. The minimum atomic E-state index is -0.250. The lowest BCUT2D eigenvalue weighted by Gasteiger charge is -2.26. The Morgan fingerprint density at radius 3 is 2.42 bits per heavy atom. The van der Waals surface area contributed by atoms with Crippen molar-refractivity contribution >= 4 is 44.8 Å². The molecule has 1 aliphatic rings. The highest BCUT2D eigenvalue weighted by atomic mass is 32.1. The standard InChI is InChI=1S/C29H27N5O2S.CH2O2/c35-22-12-10-21(11-13-22)31-27-7-4-8-28(33-27)34-29-32-25-14-9-19(16-26(25)37-29)20-15-24(18-30-17-20)36-23-5-2-1-3-6-23;2-1-3/h1-9,14-18,21-22,35H,10-13H2,(H2,31,32,33,34);1H,(H,2,3)/t21-,22-;. The zero-order chi connectivity index (χ0) is 27.7. The molecule has 10 heteroatoms. The Kier molecular flexibility index (Phi) is 8.79. The van der Waals surface area contributed by atoms with Gasteiger partial charge >= 0.3 is 0 Å². The number of nitrogens with one attached hydrogen (secondary N) is 2. The zero-order valence-corrected chi connectivity index (χ0v) is 22.4. The maximum absolute atomic E-state index is 9.74. The first kappa shape index (κ1) is 27.0. The van der Waals surface area contributed by atoms with Gasteiger partial charge in [-0.05, 0) is 73.7 Å². The molecule has 1 fully saturated rings. The Morgan fingerprint density at radius 1 is 0.850 bits per heavy atom. The number of carboxylic acid groups (broad SMARTS) is 1. The molecule has 0 spiro atoms. The molecule has 3 heterocycles. The molecule has 2 aromatic carbocycles. The predicted octanol–water partition coefficient (Wildman–Crippen LogP) is 6.71. The van der Waals surface area contributed by atoms with Crippen molar-refractivity contribution in [1.82, 2.24) is 15.0 Å². The molecular formula is C30H29N5O4S. The summed E-state index contributed by atoms with van der Waals surface area (Å²) in [6.45, 7) is -0.250. The second kappa shape index (κ2) is 13.0. The van der Waals surface area contributed by atoms with E-state index in [1.54, 1.807) is 17.5 Å². The van der Waals surface area contributed by atoms with E-state index in [9.17, 15) is 5.11 Å². The third-order valence-corrected chi connectivity index (χ3v) is 7.38. The highest BCUT2D eigenvalue weighted by molar-refractivity contribution is 7.22. The van der Waals surface area contributed by atoms with E-state index in [0.29, 0.717) is 11.8 Å². The van der Waals surface area contributed by atoms with Gasteiger partial charge in [0.15, 0.2) is 5.13 Å². The van der Waals surface area contributed by atoms with Crippen LogP contribution < -0.4 is 15.4 Å². The van der Waals surface area contributed by atoms with Crippen LogP contribution in [-0.2, 0) is 4.79 Å². The van der Waals surface area contributed by atoms with Crippen LogP contribution in [-0.4, -0.2) is 43.8 Å². The number of fused-ring (bicyclic) bond motifs is 1. The minimum Gasteiger partial charge on any atom is -0.483 e. The second-order valence-electron chi connectivity index (χ2n) is 9.31. The van der Waals surface area contributed by atoms with Crippen LogP contribution in [0.1, 0.15) is 25.7 Å². The molecule has 0 saturated heterocycles. The lowest BCUT2D eigenvalue weighted by Crippen LogP contribution is -2.28. The van der Waals surface area contributed by atoms with E-state index >= 15 is 0 Å². The van der Waals surface area contributed by atoms with Gasteiger partial charge in [-0.2, -0.15) is 0 Å². The molecule has 0 unspecified atom stereocenters. The summed E-state index contributed by atoms with van der Waals surface area (Å²) in [7, 11) is 0. The fourth-order valence-electron chi connectivity index (χ4n) is 4.54. The van der Waals surface area contributed by atoms with Crippen LogP contribution in [0, 0.1) is 0 Å². The third kappa shape index (κ3) is 7.10. The summed E-state index contributed by atoms with van der Waals surface area (Å²) >= 11 is 1.59. The molecule has 6 rings (SSSR count). The van der Waals surface area contributed by atoms with Crippen molar-refractivity contribution in [2.75, 3.05) is 10.6 Å². The van der Waals surface area contributed by atoms with E-state index in [-0.39, 0.29) is 12.6 Å². The number of benzene rings is 2. The SMILES string of the molecule is O=CO.O[C@H]1CC[C@H](Nc2cccc(Nc3nc4ccc(-c5cncc(Oc6ccccc6)c5)cc4s3)n2)CC1. The topological polar surface area (TPSA) is 129 Å². The predicted molar refractivity (Wildman–Crippen MR) is 157 cm³/mol. The number of thiazole rings is 1. The Morgan fingerprint density at radius 2 is 1.62 bits per heavy atom. The summed E-state index contributed by atoms with van der Waals surface area (Å²) in [6, 6.07) is 24.2. The van der Waals surface area contributed by atoms with Crippen LogP contribution in [0.15, 0.2) is 85.2 Å². The number of para-hydroxylation sites is 1. The summed E-state index contributed by atoms with van der Waals surface area (Å²) in [5, 5.41) is 24.3. The molecule has 0 radical (unpaired) electrons. The summed E-state index contributed by atoms with van der Waals surface area (Å²) in [5.41, 5.74) is 2.96. The van der Waals surface area contributed by atoms with Crippen molar-refractivity contribution in [2.24, 2.45) is 0 Å². The third-order valence-electron chi connectivity index (χ3n) is 6.45. The fourth-order valence-corrected chi connectivity index (χ4v) is 5.45. The lowest BCUT2D eigenvalue weighted by atomic mass is 9.93. The monoisotopic (exact) mass is 555 g/mol. The van der Waals surface area contributed by atoms with Crippen LogP contribution in [0.4, 0.5) is 16.8 Å². The molecule has 204 valence electrons. The number of hydrogen-bond acceptors (Lipinski definition) is 9. The van der Waals surface area contributed by atoms with Crippen molar-refractivity contribution in [3.8, 4) is 22.6 Å². The molecule has 3 aromatic heterocycles. The Balaban J connectivity index is 0.00000103. The first-order valence-electron chi connectivity index (χ1n) is 12.9. The van der Waals surface area contributed by atoms with Gasteiger partial charge in [0, 0.05) is 17.8 Å². The molecule has 0 amide bonds. The fraction of sp³-hybridized carbons (Fsp3) is 0.200. The van der Waals surface area contributed by atoms with Crippen LogP contribution >= 0.6 is 11.3 Å². The van der Waals surface area contributed by atoms with E-state index in [1.807, 2.05) is 66.9 Å².